The summed E-state index contributed by atoms with van der Waals surface area (Å²) < 4.78 is 23.6. The Bertz CT molecular complexity index is 1540. The lowest BCUT2D eigenvalue weighted by Crippen LogP contribution is -2.29. The van der Waals surface area contributed by atoms with Gasteiger partial charge >= 0.3 is 0 Å². The number of hydrogen-bond donors (Lipinski definition) is 3. The lowest BCUT2D eigenvalue weighted by atomic mass is 9.89. The number of benzene rings is 1. The van der Waals surface area contributed by atoms with E-state index in [4.69, 9.17) is 5.14 Å². The molecule has 0 atom stereocenters. The van der Waals surface area contributed by atoms with Gasteiger partial charge in [-0.25, -0.2) is 18.5 Å². The van der Waals surface area contributed by atoms with Crippen LogP contribution in [0.15, 0.2) is 70.7 Å². The molecule has 0 bridgehead atoms. The summed E-state index contributed by atoms with van der Waals surface area (Å²) in [6, 6.07) is 13.1. The molecule has 4 aromatic rings. The lowest BCUT2D eigenvalue weighted by Gasteiger charge is -2.29. The van der Waals surface area contributed by atoms with E-state index < -0.39 is 10.0 Å². The Kier molecular flexibility index (Phi) is 6.10. The number of primary sulfonamides is 1. The molecular weight excluding hydrogens is 464 g/mol. The van der Waals surface area contributed by atoms with Crippen molar-refractivity contribution in [2.75, 3.05) is 25.5 Å². The average Bonchev–Trinajstić information content (AvgIpc) is 2.84. The zero-order chi connectivity index (χ0) is 24.6. The Labute approximate surface area is 203 Å². The van der Waals surface area contributed by atoms with Crippen LogP contribution in [-0.4, -0.2) is 48.4 Å². The van der Waals surface area contributed by atoms with Crippen molar-refractivity contribution >= 4 is 32.3 Å². The smallest absolute Gasteiger partial charge is 0.259 e. The number of piperidine rings is 1. The van der Waals surface area contributed by atoms with Crippen LogP contribution in [0.1, 0.15) is 24.3 Å². The summed E-state index contributed by atoms with van der Waals surface area (Å²) in [5.74, 6) is 0.913. The minimum absolute atomic E-state index is 0.109. The number of nitrogens with one attached hydrogen (secondary N) is 2. The van der Waals surface area contributed by atoms with Crippen LogP contribution in [0, 0.1) is 0 Å². The minimum Gasteiger partial charge on any atom is -0.340 e. The number of aromatic nitrogens is 3. The van der Waals surface area contributed by atoms with Crippen LogP contribution in [0.2, 0.25) is 0 Å². The van der Waals surface area contributed by atoms with Crippen molar-refractivity contribution in [1.29, 1.82) is 0 Å². The molecule has 4 heterocycles. The van der Waals surface area contributed by atoms with Crippen LogP contribution < -0.4 is 16.0 Å². The minimum atomic E-state index is -3.92. The van der Waals surface area contributed by atoms with E-state index in [9.17, 15) is 13.2 Å². The lowest BCUT2D eigenvalue weighted by molar-refractivity contribution is 0.255. The van der Waals surface area contributed by atoms with Gasteiger partial charge in [0.15, 0.2) is 0 Å². The number of aromatic amines is 1. The summed E-state index contributed by atoms with van der Waals surface area (Å²) in [7, 11) is -1.77. The summed E-state index contributed by atoms with van der Waals surface area (Å²) in [5, 5.41) is 9.61. The SMILES string of the molecule is CN1CCC(c2ccc(Nc3nc(-c4cncc(S(N)(=O)=O)c4)cc4cc[nH]c(=O)c34)cc2)CC1. The molecule has 4 N–H and O–H groups in total. The van der Waals surface area contributed by atoms with Gasteiger partial charge < -0.3 is 15.2 Å². The second-order valence-electron chi connectivity index (χ2n) is 8.91. The molecule has 10 heteroatoms. The molecule has 9 nitrogen and oxygen atoms in total. The molecule has 1 aromatic carbocycles. The number of nitrogens with zero attached hydrogens (tertiary/aromatic N) is 3. The Morgan fingerprint density at radius 1 is 1.09 bits per heavy atom. The van der Waals surface area contributed by atoms with Gasteiger partial charge in [-0.3, -0.25) is 9.78 Å². The van der Waals surface area contributed by atoms with Gasteiger partial charge in [-0.15, -0.1) is 0 Å². The number of anilines is 2. The average molecular weight is 491 g/mol. The molecule has 3 aromatic heterocycles. The van der Waals surface area contributed by atoms with Crippen molar-refractivity contribution < 1.29 is 8.42 Å². The van der Waals surface area contributed by atoms with Gasteiger partial charge in [-0.1, -0.05) is 12.1 Å². The molecule has 1 aliphatic heterocycles. The van der Waals surface area contributed by atoms with Crippen molar-refractivity contribution in [3.63, 3.8) is 0 Å². The molecule has 1 saturated heterocycles. The van der Waals surface area contributed by atoms with Gasteiger partial charge in [0.1, 0.15) is 10.7 Å². The fourth-order valence-electron chi connectivity index (χ4n) is 4.48. The molecule has 1 aliphatic rings. The molecule has 0 unspecified atom stereocenters. The maximum absolute atomic E-state index is 12.7. The standard InChI is InChI=1S/C25H26N6O3S/c1-31-10-7-17(8-11-31)16-2-4-20(5-3-16)29-24-23-18(6-9-28-25(23)32)13-22(30-24)19-12-21(15-27-14-19)35(26,33)34/h2-6,9,12-15,17H,7-8,10-11H2,1H3,(H,28,32)(H,29,30)(H2,26,33,34). The van der Waals surface area contributed by atoms with Crippen LogP contribution in [-0.2, 0) is 10.0 Å². The fourth-order valence-corrected chi connectivity index (χ4v) is 4.98. The molecule has 180 valence electrons. The molecule has 0 spiro atoms. The Hall–Kier alpha value is -3.60. The quantitative estimate of drug-likeness (QED) is 0.391. The Morgan fingerprint density at radius 2 is 1.83 bits per heavy atom. The molecule has 1 fully saturated rings. The zero-order valence-corrected chi connectivity index (χ0v) is 20.0. The molecule has 0 amide bonds. The molecule has 0 radical (unpaired) electrons. The molecule has 5 rings (SSSR count). The summed E-state index contributed by atoms with van der Waals surface area (Å²) in [6.07, 6.45) is 6.54. The third kappa shape index (κ3) is 4.95. The zero-order valence-electron chi connectivity index (χ0n) is 19.2. The molecule has 35 heavy (non-hydrogen) atoms. The normalized spacial score (nSPS) is 15.4. The highest BCUT2D eigenvalue weighted by atomic mass is 32.2. The Morgan fingerprint density at radius 3 is 2.54 bits per heavy atom. The first-order valence-corrected chi connectivity index (χ1v) is 12.9. The van der Waals surface area contributed by atoms with Gasteiger partial charge in [0.25, 0.3) is 5.56 Å². The topological polar surface area (TPSA) is 134 Å². The number of pyridine rings is 3. The first-order valence-electron chi connectivity index (χ1n) is 11.3. The highest BCUT2D eigenvalue weighted by molar-refractivity contribution is 7.89. The highest BCUT2D eigenvalue weighted by Crippen LogP contribution is 2.31. The molecular formula is C25H26N6O3S. The van der Waals surface area contributed by atoms with Crippen LogP contribution in [0.4, 0.5) is 11.5 Å². The van der Waals surface area contributed by atoms with Crippen LogP contribution in [0.25, 0.3) is 22.0 Å². The number of sulfonamides is 1. The number of H-pyrrole nitrogens is 1. The van der Waals surface area contributed by atoms with E-state index in [1.165, 1.54) is 24.0 Å². The maximum atomic E-state index is 12.7. The maximum Gasteiger partial charge on any atom is 0.259 e. The van der Waals surface area contributed by atoms with Crippen molar-refractivity contribution in [3.05, 3.63) is 77.0 Å². The first kappa shape index (κ1) is 23.2. The van der Waals surface area contributed by atoms with Crippen molar-refractivity contribution in [3.8, 4) is 11.3 Å². The predicted molar refractivity (Wildman–Crippen MR) is 136 cm³/mol. The first-order chi connectivity index (χ1) is 16.8. The summed E-state index contributed by atoms with van der Waals surface area (Å²) in [6.45, 7) is 2.19. The summed E-state index contributed by atoms with van der Waals surface area (Å²) in [5.41, 5.74) is 2.76. The third-order valence-electron chi connectivity index (χ3n) is 6.46. The van der Waals surface area contributed by atoms with Crippen molar-refractivity contribution in [1.82, 2.24) is 19.9 Å². The Balaban J connectivity index is 1.52. The second-order valence-corrected chi connectivity index (χ2v) is 10.5. The number of rotatable bonds is 5. The van der Waals surface area contributed by atoms with Crippen molar-refractivity contribution in [2.45, 2.75) is 23.7 Å². The van der Waals surface area contributed by atoms with E-state index in [0.29, 0.717) is 33.8 Å². The van der Waals surface area contributed by atoms with Crippen LogP contribution >= 0.6 is 0 Å². The predicted octanol–water partition coefficient (Wildman–Crippen LogP) is 3.19. The number of fused-ring (bicyclic) bond motifs is 1. The highest BCUT2D eigenvalue weighted by Gasteiger charge is 2.19. The van der Waals surface area contributed by atoms with E-state index in [1.807, 2.05) is 12.1 Å². The largest absolute Gasteiger partial charge is 0.340 e. The fraction of sp³-hybridized carbons (Fsp3) is 0.240. The molecule has 0 saturated carbocycles. The van der Waals surface area contributed by atoms with E-state index in [1.54, 1.807) is 18.3 Å². The number of hydrogen-bond acceptors (Lipinski definition) is 7. The van der Waals surface area contributed by atoms with Gasteiger partial charge in [0, 0.05) is 29.8 Å². The molecule has 0 aliphatic carbocycles. The van der Waals surface area contributed by atoms with E-state index in [-0.39, 0.29) is 10.5 Å². The van der Waals surface area contributed by atoms with Gasteiger partial charge in [0.2, 0.25) is 10.0 Å². The van der Waals surface area contributed by atoms with Crippen molar-refractivity contribution in [2.24, 2.45) is 5.14 Å². The van der Waals surface area contributed by atoms with E-state index in [0.717, 1.165) is 31.6 Å². The monoisotopic (exact) mass is 490 g/mol. The number of nitrogens with two attached hydrogens (primary N) is 1. The van der Waals surface area contributed by atoms with Crippen LogP contribution in [0.5, 0.6) is 0 Å². The van der Waals surface area contributed by atoms with Crippen LogP contribution in [0.3, 0.4) is 0 Å². The summed E-state index contributed by atoms with van der Waals surface area (Å²) >= 11 is 0. The van der Waals surface area contributed by atoms with Gasteiger partial charge in [0.05, 0.1) is 11.1 Å². The second kappa shape index (κ2) is 9.21. The number of likely N-dealkylation sites (tertiary alicyclic amines) is 1. The van der Waals surface area contributed by atoms with E-state index in [2.05, 4.69) is 44.3 Å². The van der Waals surface area contributed by atoms with Gasteiger partial charge in [-0.05, 0) is 80.2 Å². The summed E-state index contributed by atoms with van der Waals surface area (Å²) in [4.78, 5) is 26.3. The van der Waals surface area contributed by atoms with E-state index >= 15 is 0 Å². The third-order valence-corrected chi connectivity index (χ3v) is 7.34. The van der Waals surface area contributed by atoms with Gasteiger partial charge in [-0.2, -0.15) is 0 Å².